The molecule has 27 heavy (non-hydrogen) atoms. The van der Waals surface area contributed by atoms with Gasteiger partial charge in [-0.25, -0.2) is 4.98 Å². The monoisotopic (exact) mass is 380 g/mol. The second kappa shape index (κ2) is 6.39. The number of fused-ring (bicyclic) bond motifs is 2. The standard InChI is InChI=1S/C21H20N2O3S/c1-12-11-22-20(27-12)23-19(25)21(2,3)18-14-6-4-5-7-16(14)26-17-10-13(24)8-9-15(17)18/h4-11,18,24H,1-3H3,(H,22,23,25)/t18-/m0/s1. The van der Waals surface area contributed by atoms with E-state index in [1.165, 1.54) is 11.3 Å². The van der Waals surface area contributed by atoms with Crippen LogP contribution in [0.3, 0.4) is 0 Å². The normalized spacial score (nSPS) is 15.4. The van der Waals surface area contributed by atoms with Crippen LogP contribution >= 0.6 is 11.3 Å². The highest BCUT2D eigenvalue weighted by Crippen LogP contribution is 2.52. The van der Waals surface area contributed by atoms with Crippen molar-refractivity contribution in [3.63, 3.8) is 0 Å². The first-order valence-electron chi connectivity index (χ1n) is 8.70. The summed E-state index contributed by atoms with van der Waals surface area (Å²) in [6.07, 6.45) is 1.75. The number of aromatic nitrogens is 1. The predicted molar refractivity (Wildman–Crippen MR) is 106 cm³/mol. The minimum atomic E-state index is -0.773. The van der Waals surface area contributed by atoms with Gasteiger partial charge in [0, 0.05) is 34.2 Å². The Kier molecular flexibility index (Phi) is 4.15. The van der Waals surface area contributed by atoms with E-state index in [1.807, 2.05) is 51.1 Å². The summed E-state index contributed by atoms with van der Waals surface area (Å²) >= 11 is 1.45. The van der Waals surface area contributed by atoms with E-state index in [9.17, 15) is 9.90 Å². The van der Waals surface area contributed by atoms with Crippen LogP contribution in [-0.2, 0) is 4.79 Å². The summed E-state index contributed by atoms with van der Waals surface area (Å²) in [5.41, 5.74) is 1.05. The number of aryl methyl sites for hydroxylation is 1. The number of carbonyl (C=O) groups is 1. The predicted octanol–water partition coefficient (Wildman–Crippen LogP) is 5.06. The Balaban J connectivity index is 1.78. The molecule has 0 bridgehead atoms. The third-order valence-electron chi connectivity index (χ3n) is 4.91. The molecule has 0 radical (unpaired) electrons. The lowest BCUT2D eigenvalue weighted by Gasteiger charge is -2.38. The van der Waals surface area contributed by atoms with Gasteiger partial charge < -0.3 is 15.2 Å². The number of ether oxygens (including phenoxy) is 1. The summed E-state index contributed by atoms with van der Waals surface area (Å²) < 4.78 is 5.98. The highest BCUT2D eigenvalue weighted by molar-refractivity contribution is 7.15. The van der Waals surface area contributed by atoms with Crippen LogP contribution in [0.4, 0.5) is 5.13 Å². The zero-order valence-corrected chi connectivity index (χ0v) is 16.1. The molecule has 2 heterocycles. The fraction of sp³-hybridized carbons (Fsp3) is 0.238. The number of phenols is 1. The molecule has 1 amide bonds. The Morgan fingerprint density at radius 3 is 2.67 bits per heavy atom. The zero-order valence-electron chi connectivity index (χ0n) is 15.3. The number of nitrogens with one attached hydrogen (secondary N) is 1. The topological polar surface area (TPSA) is 71.5 Å². The van der Waals surface area contributed by atoms with Crippen molar-refractivity contribution in [2.75, 3.05) is 5.32 Å². The number of anilines is 1. The maximum Gasteiger partial charge on any atom is 0.232 e. The van der Waals surface area contributed by atoms with Crippen LogP contribution in [0.15, 0.2) is 48.7 Å². The van der Waals surface area contributed by atoms with E-state index in [-0.39, 0.29) is 17.6 Å². The van der Waals surface area contributed by atoms with Crippen LogP contribution in [0.5, 0.6) is 17.2 Å². The number of hydrogen-bond donors (Lipinski definition) is 2. The number of benzene rings is 2. The van der Waals surface area contributed by atoms with Crippen LogP contribution in [0.25, 0.3) is 0 Å². The molecule has 0 saturated carbocycles. The summed E-state index contributed by atoms with van der Waals surface area (Å²) in [5.74, 6) is 1.07. The quantitative estimate of drug-likeness (QED) is 0.666. The van der Waals surface area contributed by atoms with Gasteiger partial charge in [-0.3, -0.25) is 4.79 Å². The van der Waals surface area contributed by atoms with Gasteiger partial charge in [-0.05, 0) is 19.1 Å². The lowest BCUT2D eigenvalue weighted by atomic mass is 9.69. The maximum atomic E-state index is 13.2. The second-order valence-electron chi connectivity index (χ2n) is 7.25. The Hall–Kier alpha value is -2.86. The number of carbonyl (C=O) groups excluding carboxylic acids is 1. The molecule has 138 valence electrons. The molecule has 0 aliphatic carbocycles. The molecule has 0 spiro atoms. The van der Waals surface area contributed by atoms with E-state index in [0.29, 0.717) is 16.6 Å². The van der Waals surface area contributed by atoms with Crippen molar-refractivity contribution >= 4 is 22.4 Å². The molecule has 1 aromatic heterocycles. The number of rotatable bonds is 3. The Bertz CT molecular complexity index is 1030. The van der Waals surface area contributed by atoms with E-state index in [0.717, 1.165) is 16.0 Å². The molecule has 1 aliphatic heterocycles. The molecule has 6 heteroatoms. The highest BCUT2D eigenvalue weighted by atomic mass is 32.1. The van der Waals surface area contributed by atoms with Gasteiger partial charge in [-0.2, -0.15) is 0 Å². The van der Waals surface area contributed by atoms with E-state index < -0.39 is 5.41 Å². The van der Waals surface area contributed by atoms with E-state index in [1.54, 1.807) is 18.3 Å². The molecule has 0 unspecified atom stereocenters. The van der Waals surface area contributed by atoms with Gasteiger partial charge in [0.05, 0.1) is 5.41 Å². The van der Waals surface area contributed by atoms with Crippen LogP contribution in [0, 0.1) is 12.3 Å². The first kappa shape index (κ1) is 17.5. The number of para-hydroxylation sites is 1. The van der Waals surface area contributed by atoms with Gasteiger partial charge in [0.1, 0.15) is 17.2 Å². The van der Waals surface area contributed by atoms with Gasteiger partial charge >= 0.3 is 0 Å². The van der Waals surface area contributed by atoms with Gasteiger partial charge in [-0.1, -0.05) is 38.1 Å². The third-order valence-corrected chi connectivity index (χ3v) is 5.73. The lowest BCUT2D eigenvalue weighted by molar-refractivity contribution is -0.124. The Morgan fingerprint density at radius 1 is 1.19 bits per heavy atom. The summed E-state index contributed by atoms with van der Waals surface area (Å²) in [7, 11) is 0. The smallest absolute Gasteiger partial charge is 0.232 e. The summed E-state index contributed by atoms with van der Waals surface area (Å²) in [5, 5.41) is 13.4. The van der Waals surface area contributed by atoms with E-state index in [4.69, 9.17) is 4.74 Å². The summed E-state index contributed by atoms with van der Waals surface area (Å²) in [6.45, 7) is 5.80. The van der Waals surface area contributed by atoms with Crippen LogP contribution in [0.2, 0.25) is 0 Å². The molecule has 1 atom stereocenters. The van der Waals surface area contributed by atoms with Gasteiger partial charge in [-0.15, -0.1) is 11.3 Å². The minimum absolute atomic E-state index is 0.113. The second-order valence-corrected chi connectivity index (χ2v) is 8.48. The molecule has 2 N–H and O–H groups in total. The van der Waals surface area contributed by atoms with Crippen molar-refractivity contribution in [3.8, 4) is 17.2 Å². The average molecular weight is 380 g/mol. The first-order chi connectivity index (χ1) is 12.9. The maximum absolute atomic E-state index is 13.2. The summed E-state index contributed by atoms with van der Waals surface area (Å²) in [6, 6.07) is 12.8. The number of phenolic OH excluding ortho intramolecular Hbond substituents is 1. The largest absolute Gasteiger partial charge is 0.508 e. The van der Waals surface area contributed by atoms with Crippen molar-refractivity contribution in [1.29, 1.82) is 0 Å². The van der Waals surface area contributed by atoms with E-state index >= 15 is 0 Å². The molecular weight excluding hydrogens is 360 g/mol. The molecule has 1 aliphatic rings. The number of hydrogen-bond acceptors (Lipinski definition) is 5. The van der Waals surface area contributed by atoms with Gasteiger partial charge in [0.2, 0.25) is 5.91 Å². The molecule has 3 aromatic rings. The number of nitrogens with zero attached hydrogens (tertiary/aromatic N) is 1. The highest BCUT2D eigenvalue weighted by Gasteiger charge is 2.43. The van der Waals surface area contributed by atoms with Crippen molar-refractivity contribution in [2.24, 2.45) is 5.41 Å². The van der Waals surface area contributed by atoms with Gasteiger partial charge in [0.15, 0.2) is 5.13 Å². The van der Waals surface area contributed by atoms with Crippen molar-refractivity contribution < 1.29 is 14.6 Å². The molecule has 0 fully saturated rings. The van der Waals surface area contributed by atoms with Gasteiger partial charge in [0.25, 0.3) is 0 Å². The molecular formula is C21H20N2O3S. The van der Waals surface area contributed by atoms with Crippen LogP contribution in [-0.4, -0.2) is 16.0 Å². The number of amides is 1. The fourth-order valence-electron chi connectivity index (χ4n) is 3.53. The SMILES string of the molecule is Cc1cnc(NC(=O)C(C)(C)[C@H]2c3ccccc3Oc3cc(O)ccc32)s1. The Labute approximate surface area is 161 Å². The number of aromatic hydroxyl groups is 1. The molecule has 2 aromatic carbocycles. The fourth-order valence-corrected chi connectivity index (χ4v) is 4.19. The Morgan fingerprint density at radius 2 is 1.93 bits per heavy atom. The zero-order chi connectivity index (χ0) is 19.2. The third kappa shape index (κ3) is 3.06. The molecule has 5 nitrogen and oxygen atoms in total. The van der Waals surface area contributed by atoms with Crippen LogP contribution < -0.4 is 10.1 Å². The van der Waals surface area contributed by atoms with Crippen molar-refractivity contribution in [2.45, 2.75) is 26.7 Å². The lowest BCUT2D eigenvalue weighted by Crippen LogP contribution is -2.38. The number of thiazole rings is 1. The first-order valence-corrected chi connectivity index (χ1v) is 9.51. The van der Waals surface area contributed by atoms with Crippen molar-refractivity contribution in [1.82, 2.24) is 4.98 Å². The average Bonchev–Trinajstić information content (AvgIpc) is 3.04. The summed E-state index contributed by atoms with van der Waals surface area (Å²) in [4.78, 5) is 18.5. The van der Waals surface area contributed by atoms with Crippen LogP contribution in [0.1, 0.15) is 35.8 Å². The van der Waals surface area contributed by atoms with Crippen molar-refractivity contribution in [3.05, 3.63) is 64.7 Å². The minimum Gasteiger partial charge on any atom is -0.508 e. The van der Waals surface area contributed by atoms with E-state index in [2.05, 4.69) is 10.3 Å². The molecule has 0 saturated heterocycles. The molecule has 4 rings (SSSR count).